The monoisotopic (exact) mass is 326 g/mol. The van der Waals surface area contributed by atoms with Gasteiger partial charge in [-0.25, -0.2) is 0 Å². The lowest BCUT2D eigenvalue weighted by Crippen LogP contribution is -1.99. The zero-order chi connectivity index (χ0) is 13.0. The molecule has 0 aromatic heterocycles. The van der Waals surface area contributed by atoms with Crippen molar-refractivity contribution in [1.29, 1.82) is 0 Å². The SMILES string of the molecule is COCOc1cc(-c2ccc(Cl)cc2)ccc1Br. The maximum absolute atomic E-state index is 5.88. The Bertz CT molecular complexity index is 526. The van der Waals surface area contributed by atoms with Crippen molar-refractivity contribution in [2.45, 2.75) is 0 Å². The van der Waals surface area contributed by atoms with E-state index in [0.29, 0.717) is 0 Å². The maximum atomic E-state index is 5.88. The van der Waals surface area contributed by atoms with Gasteiger partial charge < -0.3 is 9.47 Å². The van der Waals surface area contributed by atoms with Gasteiger partial charge in [-0.3, -0.25) is 0 Å². The molecule has 4 heteroatoms. The van der Waals surface area contributed by atoms with Crippen LogP contribution in [0.5, 0.6) is 5.75 Å². The number of methoxy groups -OCH3 is 1. The van der Waals surface area contributed by atoms with E-state index in [1.807, 2.05) is 42.5 Å². The molecule has 0 aliphatic heterocycles. The van der Waals surface area contributed by atoms with Gasteiger partial charge in [0.15, 0.2) is 6.79 Å². The van der Waals surface area contributed by atoms with Crippen molar-refractivity contribution in [3.05, 3.63) is 52.0 Å². The van der Waals surface area contributed by atoms with Crippen molar-refractivity contribution in [3.63, 3.8) is 0 Å². The van der Waals surface area contributed by atoms with E-state index in [-0.39, 0.29) is 6.79 Å². The number of rotatable bonds is 4. The third kappa shape index (κ3) is 3.25. The van der Waals surface area contributed by atoms with Crippen molar-refractivity contribution in [2.24, 2.45) is 0 Å². The molecule has 0 radical (unpaired) electrons. The molecular formula is C14H12BrClO2. The Labute approximate surface area is 120 Å². The van der Waals surface area contributed by atoms with E-state index in [4.69, 9.17) is 21.1 Å². The molecule has 0 heterocycles. The molecule has 18 heavy (non-hydrogen) atoms. The molecule has 0 aliphatic carbocycles. The fraction of sp³-hybridized carbons (Fsp3) is 0.143. The van der Waals surface area contributed by atoms with Crippen LogP contribution in [-0.4, -0.2) is 13.9 Å². The molecule has 0 N–H and O–H groups in total. The first-order chi connectivity index (χ1) is 8.70. The second-order valence-electron chi connectivity index (χ2n) is 3.70. The van der Waals surface area contributed by atoms with Crippen LogP contribution in [0.3, 0.4) is 0 Å². The van der Waals surface area contributed by atoms with Crippen LogP contribution in [0.15, 0.2) is 46.9 Å². The lowest BCUT2D eigenvalue weighted by molar-refractivity contribution is 0.0506. The lowest BCUT2D eigenvalue weighted by atomic mass is 10.1. The first-order valence-electron chi connectivity index (χ1n) is 5.38. The minimum atomic E-state index is 0.225. The predicted octanol–water partition coefficient (Wildman–Crippen LogP) is 4.75. The van der Waals surface area contributed by atoms with Gasteiger partial charge in [-0.2, -0.15) is 0 Å². The zero-order valence-electron chi connectivity index (χ0n) is 9.82. The second-order valence-corrected chi connectivity index (χ2v) is 4.99. The highest BCUT2D eigenvalue weighted by molar-refractivity contribution is 9.10. The molecule has 0 saturated carbocycles. The fourth-order valence-corrected chi connectivity index (χ4v) is 2.05. The van der Waals surface area contributed by atoms with Gasteiger partial charge in [0.05, 0.1) is 4.47 Å². The summed E-state index contributed by atoms with van der Waals surface area (Å²) in [7, 11) is 1.59. The van der Waals surface area contributed by atoms with Gasteiger partial charge in [-0.1, -0.05) is 29.8 Å². The molecule has 2 aromatic carbocycles. The van der Waals surface area contributed by atoms with E-state index >= 15 is 0 Å². The van der Waals surface area contributed by atoms with E-state index in [1.165, 1.54) is 0 Å². The molecule has 2 rings (SSSR count). The number of hydrogen-bond acceptors (Lipinski definition) is 2. The second kappa shape index (κ2) is 6.23. The van der Waals surface area contributed by atoms with Crippen LogP contribution < -0.4 is 4.74 Å². The van der Waals surface area contributed by atoms with Crippen LogP contribution in [0, 0.1) is 0 Å². The summed E-state index contributed by atoms with van der Waals surface area (Å²) in [6.45, 7) is 0.225. The number of benzene rings is 2. The van der Waals surface area contributed by atoms with Gasteiger partial charge in [0.1, 0.15) is 5.75 Å². The predicted molar refractivity (Wildman–Crippen MR) is 77.1 cm³/mol. The molecule has 0 aliphatic rings. The summed E-state index contributed by atoms with van der Waals surface area (Å²) in [6, 6.07) is 13.6. The third-order valence-electron chi connectivity index (χ3n) is 2.44. The largest absolute Gasteiger partial charge is 0.466 e. The quantitative estimate of drug-likeness (QED) is 0.754. The van der Waals surface area contributed by atoms with E-state index in [9.17, 15) is 0 Å². The van der Waals surface area contributed by atoms with Crippen LogP contribution in [0.25, 0.3) is 11.1 Å². The average molecular weight is 328 g/mol. The summed E-state index contributed by atoms with van der Waals surface area (Å²) >= 11 is 9.32. The smallest absolute Gasteiger partial charge is 0.188 e. The van der Waals surface area contributed by atoms with Crippen LogP contribution in [0.1, 0.15) is 0 Å². The highest BCUT2D eigenvalue weighted by Gasteiger charge is 2.04. The Balaban J connectivity index is 2.31. The van der Waals surface area contributed by atoms with Crippen LogP contribution in [0.2, 0.25) is 5.02 Å². The number of halogens is 2. The lowest BCUT2D eigenvalue weighted by Gasteiger charge is -2.09. The zero-order valence-corrected chi connectivity index (χ0v) is 12.2. The molecule has 0 fully saturated rings. The molecule has 2 aromatic rings. The van der Waals surface area contributed by atoms with Crippen LogP contribution in [-0.2, 0) is 4.74 Å². The molecule has 0 atom stereocenters. The highest BCUT2D eigenvalue weighted by atomic mass is 79.9. The van der Waals surface area contributed by atoms with Gasteiger partial charge in [0, 0.05) is 12.1 Å². The Kier molecular flexibility index (Phi) is 4.64. The average Bonchev–Trinajstić information content (AvgIpc) is 2.39. The molecule has 0 unspecified atom stereocenters. The summed E-state index contributed by atoms with van der Waals surface area (Å²) in [5.74, 6) is 0.754. The van der Waals surface area contributed by atoms with Gasteiger partial charge in [-0.05, 0) is 51.3 Å². The van der Waals surface area contributed by atoms with Crippen molar-refractivity contribution >= 4 is 27.5 Å². The van der Waals surface area contributed by atoms with Crippen molar-refractivity contribution < 1.29 is 9.47 Å². The molecule has 0 spiro atoms. The van der Waals surface area contributed by atoms with Crippen molar-refractivity contribution in [2.75, 3.05) is 13.9 Å². The topological polar surface area (TPSA) is 18.5 Å². The Morgan fingerprint density at radius 3 is 2.39 bits per heavy atom. The summed E-state index contributed by atoms with van der Waals surface area (Å²) < 4.78 is 11.3. The van der Waals surface area contributed by atoms with Gasteiger partial charge in [0.25, 0.3) is 0 Å². The van der Waals surface area contributed by atoms with Crippen LogP contribution in [0.4, 0.5) is 0 Å². The number of ether oxygens (including phenoxy) is 2. The highest BCUT2D eigenvalue weighted by Crippen LogP contribution is 2.31. The molecule has 0 amide bonds. The van der Waals surface area contributed by atoms with E-state index < -0.39 is 0 Å². The van der Waals surface area contributed by atoms with E-state index in [2.05, 4.69) is 15.9 Å². The summed E-state index contributed by atoms with van der Waals surface area (Å²) in [5, 5.41) is 0.728. The van der Waals surface area contributed by atoms with Gasteiger partial charge in [0.2, 0.25) is 0 Å². The summed E-state index contributed by atoms with van der Waals surface area (Å²) in [4.78, 5) is 0. The number of hydrogen-bond donors (Lipinski definition) is 0. The third-order valence-corrected chi connectivity index (χ3v) is 3.35. The minimum Gasteiger partial charge on any atom is -0.466 e. The van der Waals surface area contributed by atoms with Gasteiger partial charge >= 0.3 is 0 Å². The summed E-state index contributed by atoms with van der Waals surface area (Å²) in [5.41, 5.74) is 2.16. The molecule has 94 valence electrons. The van der Waals surface area contributed by atoms with E-state index in [1.54, 1.807) is 7.11 Å². The Morgan fingerprint density at radius 1 is 1.06 bits per heavy atom. The molecule has 0 saturated heterocycles. The Morgan fingerprint density at radius 2 is 1.72 bits per heavy atom. The molecule has 2 nitrogen and oxygen atoms in total. The normalized spacial score (nSPS) is 10.4. The molecular weight excluding hydrogens is 316 g/mol. The first-order valence-corrected chi connectivity index (χ1v) is 6.55. The molecule has 0 bridgehead atoms. The first kappa shape index (κ1) is 13.4. The van der Waals surface area contributed by atoms with Crippen LogP contribution >= 0.6 is 27.5 Å². The van der Waals surface area contributed by atoms with Crippen molar-refractivity contribution in [1.82, 2.24) is 0 Å². The Hall–Kier alpha value is -1.03. The minimum absolute atomic E-state index is 0.225. The van der Waals surface area contributed by atoms with Crippen molar-refractivity contribution in [3.8, 4) is 16.9 Å². The van der Waals surface area contributed by atoms with E-state index in [0.717, 1.165) is 26.4 Å². The summed E-state index contributed by atoms with van der Waals surface area (Å²) in [6.07, 6.45) is 0. The fourth-order valence-electron chi connectivity index (χ4n) is 1.56. The maximum Gasteiger partial charge on any atom is 0.188 e. The standard InChI is InChI=1S/C14H12BrClO2/c1-17-9-18-14-8-11(4-7-13(14)15)10-2-5-12(16)6-3-10/h2-8H,9H2,1H3. The van der Waals surface area contributed by atoms with Gasteiger partial charge in [-0.15, -0.1) is 0 Å².